The maximum atomic E-state index is 13.6. The molecule has 1 nitrogen and oxygen atoms in total. The van der Waals surface area contributed by atoms with Crippen molar-refractivity contribution in [2.75, 3.05) is 7.05 Å². The average Bonchev–Trinajstić information content (AvgIpc) is 2.43. The molecule has 1 unspecified atom stereocenters. The summed E-state index contributed by atoms with van der Waals surface area (Å²) in [6.07, 6.45) is 0. The Labute approximate surface area is 116 Å². The zero-order valence-electron chi connectivity index (χ0n) is 11.4. The smallest absolute Gasteiger partial charge is 0.159 e. The lowest BCUT2D eigenvalue weighted by Gasteiger charge is -2.25. The molecular weight excluding hydrogens is 263 g/mol. The Morgan fingerprint density at radius 2 is 1.65 bits per heavy atom. The lowest BCUT2D eigenvalue weighted by atomic mass is 10.1. The summed E-state index contributed by atoms with van der Waals surface area (Å²) in [6, 6.07) is 10.2. The minimum Gasteiger partial charge on any atom is -0.295 e. The van der Waals surface area contributed by atoms with E-state index in [9.17, 15) is 13.2 Å². The summed E-state index contributed by atoms with van der Waals surface area (Å²) < 4.78 is 39.8. The summed E-state index contributed by atoms with van der Waals surface area (Å²) in [7, 11) is 1.82. The predicted octanol–water partition coefficient (Wildman–Crippen LogP) is 4.30. The van der Waals surface area contributed by atoms with Crippen LogP contribution in [0.2, 0.25) is 0 Å². The highest BCUT2D eigenvalue weighted by Gasteiger charge is 2.15. The second kappa shape index (κ2) is 6.09. The standard InChI is InChI=1S/C16H16F3N/c1-11(12-7-8-15(18)16(19)9-12)20(2)10-13-5-3-4-6-14(13)17/h3-9,11H,10H2,1-2H3. The van der Waals surface area contributed by atoms with Crippen molar-refractivity contribution in [3.05, 3.63) is 71.0 Å². The van der Waals surface area contributed by atoms with Crippen LogP contribution in [0.5, 0.6) is 0 Å². The van der Waals surface area contributed by atoms with E-state index in [2.05, 4.69) is 0 Å². The fraction of sp³-hybridized carbons (Fsp3) is 0.250. The number of hydrogen-bond acceptors (Lipinski definition) is 1. The van der Waals surface area contributed by atoms with Crippen LogP contribution in [0.3, 0.4) is 0 Å². The van der Waals surface area contributed by atoms with Gasteiger partial charge in [-0.05, 0) is 37.7 Å². The van der Waals surface area contributed by atoms with E-state index in [1.165, 1.54) is 12.1 Å². The van der Waals surface area contributed by atoms with E-state index in [4.69, 9.17) is 0 Å². The number of hydrogen-bond donors (Lipinski definition) is 0. The van der Waals surface area contributed by atoms with Gasteiger partial charge in [0.2, 0.25) is 0 Å². The minimum absolute atomic E-state index is 0.148. The molecule has 0 saturated heterocycles. The maximum absolute atomic E-state index is 13.6. The average molecular weight is 279 g/mol. The number of rotatable bonds is 4. The van der Waals surface area contributed by atoms with Crippen LogP contribution >= 0.6 is 0 Å². The summed E-state index contributed by atoms with van der Waals surface area (Å²) in [4.78, 5) is 1.88. The zero-order valence-corrected chi connectivity index (χ0v) is 11.4. The third kappa shape index (κ3) is 3.20. The topological polar surface area (TPSA) is 3.24 Å². The van der Waals surface area contributed by atoms with Crippen LogP contribution in [0, 0.1) is 17.5 Å². The fourth-order valence-electron chi connectivity index (χ4n) is 2.06. The molecule has 2 aromatic carbocycles. The summed E-state index contributed by atoms with van der Waals surface area (Å²) in [5.74, 6) is -2.00. The normalized spacial score (nSPS) is 12.7. The first-order valence-corrected chi connectivity index (χ1v) is 6.37. The van der Waals surface area contributed by atoms with E-state index in [0.717, 1.165) is 6.07 Å². The molecule has 0 spiro atoms. The number of benzene rings is 2. The van der Waals surface area contributed by atoms with Gasteiger partial charge >= 0.3 is 0 Å². The van der Waals surface area contributed by atoms with Gasteiger partial charge in [-0.3, -0.25) is 4.90 Å². The molecule has 4 heteroatoms. The molecule has 0 aromatic heterocycles. The zero-order chi connectivity index (χ0) is 14.7. The van der Waals surface area contributed by atoms with Gasteiger partial charge in [-0.25, -0.2) is 13.2 Å². The van der Waals surface area contributed by atoms with Crippen molar-refractivity contribution >= 4 is 0 Å². The quantitative estimate of drug-likeness (QED) is 0.806. The molecule has 1 atom stereocenters. The van der Waals surface area contributed by atoms with Crippen molar-refractivity contribution in [2.45, 2.75) is 19.5 Å². The van der Waals surface area contributed by atoms with Crippen LogP contribution in [0.25, 0.3) is 0 Å². The summed E-state index contributed by atoms with van der Waals surface area (Å²) in [5, 5.41) is 0. The molecule has 0 heterocycles. The van der Waals surface area contributed by atoms with Gasteiger partial charge in [0.05, 0.1) is 0 Å². The molecule has 0 saturated carbocycles. The molecule has 0 bridgehead atoms. The highest BCUT2D eigenvalue weighted by molar-refractivity contribution is 5.22. The Morgan fingerprint density at radius 3 is 2.30 bits per heavy atom. The maximum Gasteiger partial charge on any atom is 0.159 e. The molecule has 0 aliphatic heterocycles. The lowest BCUT2D eigenvalue weighted by Crippen LogP contribution is -2.22. The molecule has 0 aliphatic carbocycles. The van der Waals surface area contributed by atoms with Gasteiger partial charge in [0.1, 0.15) is 5.82 Å². The number of halogens is 3. The SMILES string of the molecule is CC(c1ccc(F)c(F)c1)N(C)Cc1ccccc1F. The molecular formula is C16H16F3N. The van der Waals surface area contributed by atoms with E-state index in [-0.39, 0.29) is 11.9 Å². The van der Waals surface area contributed by atoms with Crippen molar-refractivity contribution in [1.29, 1.82) is 0 Å². The van der Waals surface area contributed by atoms with Crippen LogP contribution in [0.15, 0.2) is 42.5 Å². The van der Waals surface area contributed by atoms with E-state index < -0.39 is 11.6 Å². The van der Waals surface area contributed by atoms with Gasteiger partial charge in [0.15, 0.2) is 11.6 Å². The Hall–Kier alpha value is -1.81. The first kappa shape index (κ1) is 14.6. The van der Waals surface area contributed by atoms with Crippen molar-refractivity contribution in [3.8, 4) is 0 Å². The largest absolute Gasteiger partial charge is 0.295 e. The molecule has 2 aromatic rings. The highest BCUT2D eigenvalue weighted by atomic mass is 19.2. The van der Waals surface area contributed by atoms with Crippen LogP contribution in [-0.4, -0.2) is 11.9 Å². The van der Waals surface area contributed by atoms with Crippen LogP contribution < -0.4 is 0 Å². The van der Waals surface area contributed by atoms with Crippen molar-refractivity contribution in [1.82, 2.24) is 4.90 Å². The Bertz CT molecular complexity index is 598. The van der Waals surface area contributed by atoms with Gasteiger partial charge < -0.3 is 0 Å². The van der Waals surface area contributed by atoms with Gasteiger partial charge in [0.25, 0.3) is 0 Å². The van der Waals surface area contributed by atoms with Crippen molar-refractivity contribution < 1.29 is 13.2 Å². The minimum atomic E-state index is -0.867. The number of nitrogens with zero attached hydrogens (tertiary/aromatic N) is 1. The van der Waals surface area contributed by atoms with Crippen molar-refractivity contribution in [3.63, 3.8) is 0 Å². The molecule has 20 heavy (non-hydrogen) atoms. The molecule has 0 fully saturated rings. The van der Waals surface area contributed by atoms with E-state index in [1.807, 2.05) is 18.9 Å². The lowest BCUT2D eigenvalue weighted by molar-refractivity contribution is 0.249. The van der Waals surface area contributed by atoms with Crippen LogP contribution in [0.4, 0.5) is 13.2 Å². The summed E-state index contributed by atoms with van der Waals surface area (Å²) in [6.45, 7) is 2.26. The Kier molecular flexibility index (Phi) is 4.45. The second-order valence-electron chi connectivity index (χ2n) is 4.86. The Balaban J connectivity index is 2.14. The van der Waals surface area contributed by atoms with E-state index in [0.29, 0.717) is 17.7 Å². The van der Waals surface area contributed by atoms with Crippen LogP contribution in [0.1, 0.15) is 24.1 Å². The van der Waals surface area contributed by atoms with Gasteiger partial charge in [-0.2, -0.15) is 0 Å². The molecule has 0 aliphatic rings. The first-order chi connectivity index (χ1) is 9.49. The molecule has 2 rings (SSSR count). The molecule has 106 valence electrons. The van der Waals surface area contributed by atoms with Gasteiger partial charge in [-0.1, -0.05) is 24.3 Å². The van der Waals surface area contributed by atoms with Gasteiger partial charge in [0, 0.05) is 18.2 Å². The molecule has 0 N–H and O–H groups in total. The highest BCUT2D eigenvalue weighted by Crippen LogP contribution is 2.23. The van der Waals surface area contributed by atoms with E-state index in [1.54, 1.807) is 24.3 Å². The fourth-order valence-corrected chi connectivity index (χ4v) is 2.06. The molecule has 0 radical (unpaired) electrons. The first-order valence-electron chi connectivity index (χ1n) is 6.37. The van der Waals surface area contributed by atoms with E-state index >= 15 is 0 Å². The second-order valence-corrected chi connectivity index (χ2v) is 4.86. The van der Waals surface area contributed by atoms with Gasteiger partial charge in [-0.15, -0.1) is 0 Å². The van der Waals surface area contributed by atoms with Crippen molar-refractivity contribution in [2.24, 2.45) is 0 Å². The third-order valence-corrected chi connectivity index (χ3v) is 3.46. The summed E-state index contributed by atoms with van der Waals surface area (Å²) >= 11 is 0. The summed E-state index contributed by atoms with van der Waals surface area (Å²) in [5.41, 5.74) is 1.23. The molecule has 0 amide bonds. The predicted molar refractivity (Wildman–Crippen MR) is 72.6 cm³/mol. The monoisotopic (exact) mass is 279 g/mol. The van der Waals surface area contributed by atoms with Crippen LogP contribution in [-0.2, 0) is 6.54 Å². The third-order valence-electron chi connectivity index (χ3n) is 3.46. The Morgan fingerprint density at radius 1 is 0.950 bits per heavy atom.